The number of fused-ring (bicyclic) bond motifs is 1. The maximum atomic E-state index is 12.8. The summed E-state index contributed by atoms with van der Waals surface area (Å²) in [5.41, 5.74) is 2.57. The number of nitrogens with one attached hydrogen (secondary N) is 1. The van der Waals surface area contributed by atoms with Crippen LogP contribution < -0.4 is 10.3 Å². The van der Waals surface area contributed by atoms with Gasteiger partial charge in [0.15, 0.2) is 0 Å². The van der Waals surface area contributed by atoms with Crippen LogP contribution in [0.5, 0.6) is 5.75 Å². The van der Waals surface area contributed by atoms with Crippen molar-refractivity contribution in [2.24, 2.45) is 0 Å². The van der Waals surface area contributed by atoms with Gasteiger partial charge in [-0.25, -0.2) is 4.98 Å². The topological polar surface area (TPSA) is 75.3 Å². The van der Waals surface area contributed by atoms with E-state index >= 15 is 0 Å². The van der Waals surface area contributed by atoms with E-state index in [4.69, 9.17) is 4.74 Å². The molecule has 1 N–H and O–H groups in total. The van der Waals surface area contributed by atoms with E-state index in [-0.39, 0.29) is 17.4 Å². The van der Waals surface area contributed by atoms with Crippen molar-refractivity contribution >= 4 is 5.91 Å². The highest BCUT2D eigenvalue weighted by atomic mass is 16.5. The quantitative estimate of drug-likeness (QED) is 0.908. The second-order valence-electron chi connectivity index (χ2n) is 6.74. The van der Waals surface area contributed by atoms with Crippen LogP contribution in [-0.4, -0.2) is 40.5 Å². The molecule has 4 rings (SSSR count). The first-order valence-corrected chi connectivity index (χ1v) is 8.73. The molecule has 1 aromatic heterocycles. The third-order valence-corrected chi connectivity index (χ3v) is 5.02. The fourth-order valence-corrected chi connectivity index (χ4v) is 3.69. The molecule has 1 aromatic carbocycles. The molecule has 6 heteroatoms. The number of aromatic amines is 1. The van der Waals surface area contributed by atoms with E-state index in [0.29, 0.717) is 25.5 Å². The van der Waals surface area contributed by atoms with Crippen LogP contribution in [0.1, 0.15) is 46.2 Å². The third kappa shape index (κ3) is 3.16. The Balaban J connectivity index is 1.44. The Labute approximate surface area is 145 Å². The molecule has 3 heterocycles. The van der Waals surface area contributed by atoms with Gasteiger partial charge in [0.25, 0.3) is 11.5 Å². The van der Waals surface area contributed by atoms with E-state index < -0.39 is 0 Å². The smallest absolute Gasteiger partial charge is 0.253 e. The molecule has 0 spiro atoms. The van der Waals surface area contributed by atoms with Gasteiger partial charge in [0, 0.05) is 37.1 Å². The van der Waals surface area contributed by atoms with Gasteiger partial charge < -0.3 is 14.6 Å². The summed E-state index contributed by atoms with van der Waals surface area (Å²) >= 11 is 0. The molecule has 1 saturated heterocycles. The van der Waals surface area contributed by atoms with Crippen molar-refractivity contribution in [3.05, 3.63) is 57.3 Å². The first kappa shape index (κ1) is 15.9. The van der Waals surface area contributed by atoms with Crippen LogP contribution in [0.15, 0.2) is 29.1 Å². The normalized spacial score (nSPS) is 17.2. The summed E-state index contributed by atoms with van der Waals surface area (Å²) in [4.78, 5) is 33.4. The number of amides is 1. The standard InChI is InChI=1S/C19H21N3O3/c1-12-20-16(11-18(23)21-12)13-4-7-22(8-5-13)19(24)15-2-3-17-14(10-15)6-9-25-17/h2-3,10-11,13H,4-9H2,1H3,(H,20,21,23). The monoisotopic (exact) mass is 339 g/mol. The highest BCUT2D eigenvalue weighted by Crippen LogP contribution is 2.29. The number of piperidine rings is 1. The lowest BCUT2D eigenvalue weighted by molar-refractivity contribution is 0.0712. The van der Waals surface area contributed by atoms with Gasteiger partial charge in [0.2, 0.25) is 0 Å². The van der Waals surface area contributed by atoms with Gasteiger partial charge in [-0.3, -0.25) is 9.59 Å². The number of hydrogen-bond donors (Lipinski definition) is 1. The van der Waals surface area contributed by atoms with Crippen molar-refractivity contribution < 1.29 is 9.53 Å². The number of H-pyrrole nitrogens is 1. The largest absolute Gasteiger partial charge is 0.493 e. The number of likely N-dealkylation sites (tertiary alicyclic amines) is 1. The molecule has 2 aliphatic heterocycles. The summed E-state index contributed by atoms with van der Waals surface area (Å²) in [6, 6.07) is 7.28. The Hall–Kier alpha value is -2.63. The number of aromatic nitrogens is 2. The van der Waals surface area contributed by atoms with Crippen molar-refractivity contribution in [2.45, 2.75) is 32.1 Å². The van der Waals surface area contributed by atoms with Crippen molar-refractivity contribution in [1.29, 1.82) is 0 Å². The summed E-state index contributed by atoms with van der Waals surface area (Å²) in [5, 5.41) is 0. The van der Waals surface area contributed by atoms with Crippen LogP contribution in [0.25, 0.3) is 0 Å². The molecule has 0 bridgehead atoms. The number of benzene rings is 1. The molecule has 0 radical (unpaired) electrons. The third-order valence-electron chi connectivity index (χ3n) is 5.02. The van der Waals surface area contributed by atoms with Crippen LogP contribution in [0.3, 0.4) is 0 Å². The summed E-state index contributed by atoms with van der Waals surface area (Å²) in [6.07, 6.45) is 2.53. The molecule has 2 aromatic rings. The van der Waals surface area contributed by atoms with Crippen molar-refractivity contribution in [3.63, 3.8) is 0 Å². The SMILES string of the molecule is Cc1nc(C2CCN(C(=O)c3ccc4c(c3)CCO4)CC2)cc(=O)[nH]1. The first-order chi connectivity index (χ1) is 12.1. The van der Waals surface area contributed by atoms with Crippen LogP contribution in [0.4, 0.5) is 0 Å². The molecular weight excluding hydrogens is 318 g/mol. The molecule has 0 unspecified atom stereocenters. The maximum Gasteiger partial charge on any atom is 0.253 e. The van der Waals surface area contributed by atoms with Gasteiger partial charge in [0.05, 0.1) is 12.3 Å². The number of hydrogen-bond acceptors (Lipinski definition) is 4. The van der Waals surface area contributed by atoms with Crippen molar-refractivity contribution in [2.75, 3.05) is 19.7 Å². The van der Waals surface area contributed by atoms with E-state index in [1.165, 1.54) is 0 Å². The van der Waals surface area contributed by atoms with Crippen LogP contribution in [-0.2, 0) is 6.42 Å². The van der Waals surface area contributed by atoms with Crippen LogP contribution in [0, 0.1) is 6.92 Å². The van der Waals surface area contributed by atoms with Gasteiger partial charge in [-0.15, -0.1) is 0 Å². The van der Waals surface area contributed by atoms with Crippen molar-refractivity contribution in [3.8, 4) is 5.75 Å². The average molecular weight is 339 g/mol. The number of carbonyl (C=O) groups excluding carboxylic acids is 1. The molecule has 1 amide bonds. The molecule has 25 heavy (non-hydrogen) atoms. The lowest BCUT2D eigenvalue weighted by atomic mass is 9.92. The van der Waals surface area contributed by atoms with Gasteiger partial charge >= 0.3 is 0 Å². The number of rotatable bonds is 2. The summed E-state index contributed by atoms with van der Waals surface area (Å²) < 4.78 is 5.50. The zero-order chi connectivity index (χ0) is 17.4. The van der Waals surface area contributed by atoms with Crippen LogP contribution >= 0.6 is 0 Å². The van der Waals surface area contributed by atoms with E-state index in [1.807, 2.05) is 23.1 Å². The first-order valence-electron chi connectivity index (χ1n) is 8.73. The zero-order valence-corrected chi connectivity index (χ0v) is 14.2. The Morgan fingerprint density at radius 1 is 1.28 bits per heavy atom. The number of carbonyl (C=O) groups is 1. The molecule has 130 valence electrons. The van der Waals surface area contributed by atoms with Crippen LogP contribution in [0.2, 0.25) is 0 Å². The minimum absolute atomic E-state index is 0.0724. The fourth-order valence-electron chi connectivity index (χ4n) is 3.69. The van der Waals surface area contributed by atoms with Gasteiger partial charge in [-0.05, 0) is 43.5 Å². The summed E-state index contributed by atoms with van der Waals surface area (Å²) in [7, 11) is 0. The van der Waals surface area contributed by atoms with Gasteiger partial charge in [0.1, 0.15) is 11.6 Å². The van der Waals surface area contributed by atoms with Gasteiger partial charge in [-0.1, -0.05) is 0 Å². The second kappa shape index (κ2) is 6.35. The van der Waals surface area contributed by atoms with E-state index in [2.05, 4.69) is 9.97 Å². The zero-order valence-electron chi connectivity index (χ0n) is 14.2. The Morgan fingerprint density at radius 3 is 2.84 bits per heavy atom. The van der Waals surface area contributed by atoms with E-state index in [1.54, 1.807) is 13.0 Å². The summed E-state index contributed by atoms with van der Waals surface area (Å²) in [5.74, 6) is 1.84. The highest BCUT2D eigenvalue weighted by molar-refractivity contribution is 5.94. The second-order valence-corrected chi connectivity index (χ2v) is 6.74. The predicted octanol–water partition coefficient (Wildman–Crippen LogP) is 2.03. The molecule has 6 nitrogen and oxygen atoms in total. The molecule has 0 saturated carbocycles. The number of aryl methyl sites for hydroxylation is 1. The Bertz CT molecular complexity index is 866. The number of nitrogens with zero attached hydrogens (tertiary/aromatic N) is 2. The lowest BCUT2D eigenvalue weighted by Gasteiger charge is -2.32. The molecule has 2 aliphatic rings. The minimum atomic E-state index is -0.110. The molecule has 0 aliphatic carbocycles. The van der Waals surface area contributed by atoms with E-state index in [9.17, 15) is 9.59 Å². The molecular formula is C19H21N3O3. The maximum absolute atomic E-state index is 12.8. The number of ether oxygens (including phenoxy) is 1. The fraction of sp³-hybridized carbons (Fsp3) is 0.421. The minimum Gasteiger partial charge on any atom is -0.493 e. The van der Waals surface area contributed by atoms with Crippen molar-refractivity contribution in [1.82, 2.24) is 14.9 Å². The Morgan fingerprint density at radius 2 is 2.08 bits per heavy atom. The molecule has 0 atom stereocenters. The summed E-state index contributed by atoms with van der Waals surface area (Å²) in [6.45, 7) is 3.86. The average Bonchev–Trinajstić information content (AvgIpc) is 3.08. The van der Waals surface area contributed by atoms with E-state index in [0.717, 1.165) is 41.8 Å². The molecule has 1 fully saturated rings. The van der Waals surface area contributed by atoms with Gasteiger partial charge in [-0.2, -0.15) is 0 Å². The Kier molecular flexibility index (Phi) is 4.03. The lowest BCUT2D eigenvalue weighted by Crippen LogP contribution is -2.38. The predicted molar refractivity (Wildman–Crippen MR) is 93.1 cm³/mol. The highest BCUT2D eigenvalue weighted by Gasteiger charge is 2.26.